The molecule has 0 aliphatic carbocycles. The summed E-state index contributed by atoms with van der Waals surface area (Å²) in [7, 11) is 1.86. The molecule has 0 aromatic carbocycles. The van der Waals surface area contributed by atoms with Crippen LogP contribution in [0.15, 0.2) is 30.9 Å². The van der Waals surface area contributed by atoms with Gasteiger partial charge in [0.1, 0.15) is 5.82 Å². The molecule has 22 heavy (non-hydrogen) atoms. The molecule has 0 radical (unpaired) electrons. The number of nitrogens with zero attached hydrogens (tertiary/aromatic N) is 5. The topological polar surface area (TPSA) is 66.8 Å². The zero-order valence-electron chi connectivity index (χ0n) is 12.9. The first-order valence-corrected chi connectivity index (χ1v) is 7.86. The fraction of sp³-hybridized carbons (Fsp3) is 0.500. The van der Waals surface area contributed by atoms with E-state index < -0.39 is 0 Å². The molecule has 6 heteroatoms. The Kier molecular flexibility index (Phi) is 4.78. The van der Waals surface area contributed by atoms with Gasteiger partial charge in [-0.1, -0.05) is 0 Å². The van der Waals surface area contributed by atoms with Crippen molar-refractivity contribution in [2.45, 2.75) is 25.7 Å². The molecule has 6 nitrogen and oxygen atoms in total. The number of hydrogen-bond donors (Lipinski definition) is 1. The van der Waals surface area contributed by atoms with Crippen molar-refractivity contribution in [2.24, 2.45) is 5.92 Å². The molecule has 2 aromatic heterocycles. The first kappa shape index (κ1) is 14.7. The van der Waals surface area contributed by atoms with Crippen molar-refractivity contribution in [1.29, 1.82) is 0 Å². The Morgan fingerprint density at radius 1 is 1.09 bits per heavy atom. The molecule has 2 aromatic rings. The lowest BCUT2D eigenvalue weighted by Crippen LogP contribution is -2.26. The summed E-state index contributed by atoms with van der Waals surface area (Å²) in [6, 6.07) is 1.86. The van der Waals surface area contributed by atoms with E-state index in [4.69, 9.17) is 0 Å². The van der Waals surface area contributed by atoms with Gasteiger partial charge in [0, 0.05) is 32.5 Å². The summed E-state index contributed by atoms with van der Waals surface area (Å²) in [6.07, 6.45) is 11.8. The van der Waals surface area contributed by atoms with Gasteiger partial charge in [-0.3, -0.25) is 4.98 Å². The van der Waals surface area contributed by atoms with Gasteiger partial charge in [0.05, 0.1) is 18.1 Å². The molecule has 1 saturated heterocycles. The molecule has 0 spiro atoms. The van der Waals surface area contributed by atoms with Crippen LogP contribution in [0.25, 0.3) is 0 Å². The van der Waals surface area contributed by atoms with E-state index in [0.29, 0.717) is 5.92 Å². The first-order chi connectivity index (χ1) is 10.8. The Hall–Kier alpha value is -2.24. The fourth-order valence-corrected chi connectivity index (χ4v) is 2.91. The summed E-state index contributed by atoms with van der Waals surface area (Å²) >= 11 is 0. The van der Waals surface area contributed by atoms with Gasteiger partial charge in [0.2, 0.25) is 5.95 Å². The standard InChI is InChI=1S/C16H22N6/c1-17-15-12-20-14(11-21-15)10-13-4-2-8-22(9-5-13)16-18-6-3-7-19-16/h3,6-7,11-13H,2,4-5,8-10H2,1H3,(H,17,21)/t13-/m1/s1. The third-order valence-corrected chi connectivity index (χ3v) is 4.14. The predicted octanol–water partition coefficient (Wildman–Crippen LogP) is 2.16. The lowest BCUT2D eigenvalue weighted by molar-refractivity contribution is 0.466. The van der Waals surface area contributed by atoms with Gasteiger partial charge in [-0.05, 0) is 37.7 Å². The number of aromatic nitrogens is 4. The molecule has 1 aliphatic rings. The third kappa shape index (κ3) is 3.69. The van der Waals surface area contributed by atoms with Crippen molar-refractivity contribution >= 4 is 11.8 Å². The van der Waals surface area contributed by atoms with Crippen LogP contribution in [-0.4, -0.2) is 40.1 Å². The van der Waals surface area contributed by atoms with E-state index in [2.05, 4.69) is 30.2 Å². The molecule has 3 rings (SSSR count). The fourth-order valence-electron chi connectivity index (χ4n) is 2.91. The van der Waals surface area contributed by atoms with E-state index in [1.165, 1.54) is 12.8 Å². The Morgan fingerprint density at radius 2 is 1.95 bits per heavy atom. The zero-order valence-corrected chi connectivity index (χ0v) is 12.9. The molecule has 1 N–H and O–H groups in total. The van der Waals surface area contributed by atoms with Crippen LogP contribution in [0.4, 0.5) is 11.8 Å². The summed E-state index contributed by atoms with van der Waals surface area (Å²) in [5, 5.41) is 3.00. The van der Waals surface area contributed by atoms with E-state index in [9.17, 15) is 0 Å². The largest absolute Gasteiger partial charge is 0.372 e. The Bertz CT molecular complexity index is 571. The van der Waals surface area contributed by atoms with Crippen LogP contribution < -0.4 is 10.2 Å². The minimum absolute atomic E-state index is 0.656. The van der Waals surface area contributed by atoms with E-state index in [1.807, 2.05) is 31.7 Å². The molecule has 0 unspecified atom stereocenters. The molecule has 3 heterocycles. The van der Waals surface area contributed by atoms with Crippen molar-refractivity contribution in [3.63, 3.8) is 0 Å². The molecular weight excluding hydrogens is 276 g/mol. The van der Waals surface area contributed by atoms with Crippen LogP contribution in [0.5, 0.6) is 0 Å². The maximum Gasteiger partial charge on any atom is 0.225 e. The minimum atomic E-state index is 0.656. The average molecular weight is 298 g/mol. The highest BCUT2D eigenvalue weighted by Crippen LogP contribution is 2.22. The SMILES string of the molecule is CNc1cnc(C[C@@H]2CCCN(c3ncccn3)CC2)cn1. The van der Waals surface area contributed by atoms with Gasteiger partial charge in [0.25, 0.3) is 0 Å². The molecule has 1 atom stereocenters. The van der Waals surface area contributed by atoms with Gasteiger partial charge < -0.3 is 10.2 Å². The van der Waals surface area contributed by atoms with Crippen molar-refractivity contribution in [3.8, 4) is 0 Å². The van der Waals surface area contributed by atoms with Gasteiger partial charge >= 0.3 is 0 Å². The van der Waals surface area contributed by atoms with E-state index >= 15 is 0 Å². The van der Waals surface area contributed by atoms with Crippen LogP contribution >= 0.6 is 0 Å². The number of anilines is 2. The Morgan fingerprint density at radius 3 is 2.68 bits per heavy atom. The highest BCUT2D eigenvalue weighted by molar-refractivity contribution is 5.30. The van der Waals surface area contributed by atoms with Crippen molar-refractivity contribution in [2.75, 3.05) is 30.4 Å². The van der Waals surface area contributed by atoms with Crippen LogP contribution in [-0.2, 0) is 6.42 Å². The van der Waals surface area contributed by atoms with Gasteiger partial charge in [0.15, 0.2) is 0 Å². The predicted molar refractivity (Wildman–Crippen MR) is 86.9 cm³/mol. The van der Waals surface area contributed by atoms with Crippen molar-refractivity contribution in [1.82, 2.24) is 19.9 Å². The first-order valence-electron chi connectivity index (χ1n) is 7.86. The summed E-state index contributed by atoms with van der Waals surface area (Å²) in [5.41, 5.74) is 1.08. The molecule has 1 aliphatic heterocycles. The summed E-state index contributed by atoms with van der Waals surface area (Å²) in [6.45, 7) is 2.04. The number of nitrogens with one attached hydrogen (secondary N) is 1. The Labute approximate surface area is 131 Å². The molecule has 1 fully saturated rings. The van der Waals surface area contributed by atoms with Crippen LogP contribution in [0.3, 0.4) is 0 Å². The average Bonchev–Trinajstić information content (AvgIpc) is 2.82. The van der Waals surface area contributed by atoms with Crippen LogP contribution in [0, 0.1) is 5.92 Å². The van der Waals surface area contributed by atoms with Gasteiger partial charge in [-0.2, -0.15) is 0 Å². The highest BCUT2D eigenvalue weighted by Gasteiger charge is 2.19. The monoisotopic (exact) mass is 298 g/mol. The van der Waals surface area contributed by atoms with Gasteiger partial charge in [-0.15, -0.1) is 0 Å². The van der Waals surface area contributed by atoms with Crippen LogP contribution in [0.2, 0.25) is 0 Å². The number of hydrogen-bond acceptors (Lipinski definition) is 6. The number of rotatable bonds is 4. The molecular formula is C16H22N6. The van der Waals surface area contributed by atoms with Crippen molar-refractivity contribution < 1.29 is 0 Å². The minimum Gasteiger partial charge on any atom is -0.372 e. The lowest BCUT2D eigenvalue weighted by Gasteiger charge is -2.20. The second-order valence-electron chi connectivity index (χ2n) is 5.68. The highest BCUT2D eigenvalue weighted by atomic mass is 15.2. The second-order valence-corrected chi connectivity index (χ2v) is 5.68. The smallest absolute Gasteiger partial charge is 0.225 e. The zero-order chi connectivity index (χ0) is 15.2. The van der Waals surface area contributed by atoms with Crippen molar-refractivity contribution in [3.05, 3.63) is 36.5 Å². The summed E-state index contributed by atoms with van der Waals surface area (Å²) in [5.74, 6) is 2.32. The Balaban J connectivity index is 1.58. The van der Waals surface area contributed by atoms with Crippen LogP contribution in [0.1, 0.15) is 25.0 Å². The summed E-state index contributed by atoms with van der Waals surface area (Å²) < 4.78 is 0. The lowest BCUT2D eigenvalue weighted by atomic mass is 9.95. The quantitative estimate of drug-likeness (QED) is 0.933. The van der Waals surface area contributed by atoms with Gasteiger partial charge in [-0.25, -0.2) is 15.0 Å². The molecule has 0 bridgehead atoms. The molecule has 0 amide bonds. The maximum atomic E-state index is 4.49. The third-order valence-electron chi connectivity index (χ3n) is 4.14. The molecule has 0 saturated carbocycles. The molecule has 116 valence electrons. The maximum absolute atomic E-state index is 4.49. The van der Waals surface area contributed by atoms with E-state index in [0.717, 1.165) is 43.4 Å². The second kappa shape index (κ2) is 7.15. The summed E-state index contributed by atoms with van der Waals surface area (Å²) in [4.78, 5) is 19.8. The van der Waals surface area contributed by atoms with E-state index in [-0.39, 0.29) is 0 Å². The van der Waals surface area contributed by atoms with E-state index in [1.54, 1.807) is 6.20 Å². The normalized spacial score (nSPS) is 18.8.